The number of methoxy groups -OCH3 is 1. The number of benzene rings is 1. The van der Waals surface area contributed by atoms with Crippen LogP contribution >= 0.6 is 0 Å². The number of allylic oxidation sites excluding steroid dienone is 1. The minimum absolute atomic E-state index is 0.0237. The molecule has 358 valence electrons. The van der Waals surface area contributed by atoms with Crippen molar-refractivity contribution in [2.24, 2.45) is 17.8 Å². The van der Waals surface area contributed by atoms with Crippen LogP contribution in [0.4, 0.5) is 19.3 Å². The summed E-state index contributed by atoms with van der Waals surface area (Å²) in [7, 11) is -2.50. The van der Waals surface area contributed by atoms with Gasteiger partial charge in [-0.25, -0.2) is 27.0 Å². The van der Waals surface area contributed by atoms with E-state index in [9.17, 15) is 31.6 Å². The zero-order valence-corrected chi connectivity index (χ0v) is 39.3. The molecule has 0 unspecified atom stereocenters. The van der Waals surface area contributed by atoms with Gasteiger partial charge in [0, 0.05) is 49.3 Å². The molecule has 16 nitrogen and oxygen atoms in total. The quantitative estimate of drug-likeness (QED) is 0.252. The molecule has 3 aliphatic heterocycles. The Morgan fingerprint density at radius 3 is 2.43 bits per heavy atom. The summed E-state index contributed by atoms with van der Waals surface area (Å²) in [5, 5.41) is 7.11. The van der Waals surface area contributed by atoms with E-state index >= 15 is 4.79 Å². The van der Waals surface area contributed by atoms with E-state index in [0.717, 1.165) is 17.5 Å². The Balaban J connectivity index is 1.22. The lowest BCUT2D eigenvalue weighted by Crippen LogP contribution is -2.59. The average molecular weight is 930 g/mol. The van der Waals surface area contributed by atoms with E-state index in [1.165, 1.54) is 4.90 Å². The summed E-state index contributed by atoms with van der Waals surface area (Å²) in [5.41, 5.74) is -1.67. The van der Waals surface area contributed by atoms with Crippen LogP contribution in [-0.4, -0.2) is 134 Å². The molecule has 7 rings (SSSR count). The van der Waals surface area contributed by atoms with E-state index in [1.807, 2.05) is 31.2 Å². The van der Waals surface area contributed by atoms with E-state index in [4.69, 9.17) is 19.2 Å². The van der Waals surface area contributed by atoms with Crippen LogP contribution in [0, 0.1) is 17.8 Å². The Kier molecular flexibility index (Phi) is 14.0. The van der Waals surface area contributed by atoms with Gasteiger partial charge in [0.1, 0.15) is 35.1 Å². The summed E-state index contributed by atoms with van der Waals surface area (Å²) in [6.45, 7) is 12.4. The van der Waals surface area contributed by atoms with Crippen LogP contribution < -0.4 is 29.7 Å². The number of alkyl halides is 2. The molecule has 2 aliphatic carbocycles. The number of amides is 4. The van der Waals surface area contributed by atoms with Gasteiger partial charge in [-0.3, -0.25) is 24.0 Å². The molecule has 2 aromatic rings. The van der Waals surface area contributed by atoms with E-state index in [1.54, 1.807) is 52.0 Å². The molecular formula is C46H65F2N7O9S. The molecule has 4 heterocycles. The lowest BCUT2D eigenvalue weighted by Gasteiger charge is -2.36. The minimum Gasteiger partial charge on any atom is -0.497 e. The molecule has 19 heteroatoms. The highest BCUT2D eigenvalue weighted by Crippen LogP contribution is 2.49. The number of pyridine rings is 1. The first-order valence-electron chi connectivity index (χ1n) is 22.9. The van der Waals surface area contributed by atoms with Crippen LogP contribution in [0.2, 0.25) is 0 Å². The van der Waals surface area contributed by atoms with Crippen molar-refractivity contribution in [3.05, 3.63) is 36.5 Å². The summed E-state index contributed by atoms with van der Waals surface area (Å²) in [6.07, 6.45) is 4.77. The predicted molar refractivity (Wildman–Crippen MR) is 240 cm³/mol. The highest BCUT2D eigenvalue weighted by Gasteiger charge is 2.63. The molecule has 1 aromatic carbocycles. The first kappa shape index (κ1) is 48.2. The van der Waals surface area contributed by atoms with Crippen molar-refractivity contribution < 1.29 is 50.6 Å². The Labute approximate surface area is 380 Å². The van der Waals surface area contributed by atoms with Crippen molar-refractivity contribution in [1.82, 2.24) is 30.1 Å². The number of piperazine rings is 1. The largest absolute Gasteiger partial charge is 0.497 e. The minimum atomic E-state index is -4.06. The summed E-state index contributed by atoms with van der Waals surface area (Å²) in [6, 6.07) is 3.13. The Hall–Kier alpha value is -4.78. The first-order chi connectivity index (χ1) is 30.7. The summed E-state index contributed by atoms with van der Waals surface area (Å²) in [5.74, 6) is -1.98. The first-order valence-corrected chi connectivity index (χ1v) is 24.4. The van der Waals surface area contributed by atoms with Gasteiger partial charge in [0.15, 0.2) is 0 Å². The van der Waals surface area contributed by atoms with Crippen molar-refractivity contribution >= 4 is 50.3 Å². The molecule has 3 N–H and O–H groups in total. The number of carbonyl (C=O) groups is 4. The van der Waals surface area contributed by atoms with Gasteiger partial charge in [-0.05, 0) is 95.8 Å². The van der Waals surface area contributed by atoms with E-state index in [-0.39, 0.29) is 37.7 Å². The third-order valence-electron chi connectivity index (χ3n) is 13.8. The van der Waals surface area contributed by atoms with Gasteiger partial charge in [0.25, 0.3) is 12.3 Å². The van der Waals surface area contributed by atoms with Crippen molar-refractivity contribution in [1.29, 1.82) is 0 Å². The van der Waals surface area contributed by atoms with Crippen molar-refractivity contribution in [2.45, 2.75) is 133 Å². The number of nitrogens with one attached hydrogen (secondary N) is 3. The van der Waals surface area contributed by atoms with Crippen molar-refractivity contribution in [3.63, 3.8) is 0 Å². The lowest BCUT2D eigenvalue weighted by molar-refractivity contribution is -0.142. The summed E-state index contributed by atoms with van der Waals surface area (Å²) in [4.78, 5) is 67.3. The standard InChI is InChI=1S/C46H65F2N7O9S/c1-8-45(15-16-45)65(60,61)52-42(58)46-24-30(46)12-10-9-11-28(2)21-29(3)38(50-43(59)64-44(4,5)6)41(57)55-26-32(23-35(55)39(56)51-46)63-40-33-14-13-31(62-7)22-34(33)36(25-49-40)54-19-17-53(18-20-54)27-37(47)48/h10,12-14,22,25,28-30,32,35,37-38H,8-9,11,15-21,23-24,26-27H2,1-7H3,(H,50,59)(H,51,56)(H,52,58)/b12-10-/t28-,29-,30-,32-,35+,38+,46-/m1/s1. The van der Waals surface area contributed by atoms with E-state index in [2.05, 4.69) is 27.2 Å². The summed E-state index contributed by atoms with van der Waals surface area (Å²) >= 11 is 0. The second-order valence-electron chi connectivity index (χ2n) is 19.7. The van der Waals surface area contributed by atoms with Crippen LogP contribution in [0.3, 0.4) is 0 Å². The smallest absolute Gasteiger partial charge is 0.408 e. The maximum Gasteiger partial charge on any atom is 0.408 e. The topological polar surface area (TPSA) is 189 Å². The molecule has 7 atom stereocenters. The van der Waals surface area contributed by atoms with Gasteiger partial charge in [-0.15, -0.1) is 0 Å². The van der Waals surface area contributed by atoms with Crippen molar-refractivity contribution in [3.8, 4) is 11.6 Å². The lowest BCUT2D eigenvalue weighted by atomic mass is 9.88. The molecule has 5 aliphatic rings. The number of sulfonamides is 1. The fourth-order valence-electron chi connectivity index (χ4n) is 9.70. The third-order valence-corrected chi connectivity index (χ3v) is 16.1. The molecule has 0 radical (unpaired) electrons. The Bertz CT molecular complexity index is 2260. The molecule has 0 spiro atoms. The second-order valence-corrected chi connectivity index (χ2v) is 21.8. The van der Waals surface area contributed by atoms with Gasteiger partial charge >= 0.3 is 6.09 Å². The van der Waals surface area contributed by atoms with E-state index in [0.29, 0.717) is 69.4 Å². The molecule has 2 saturated heterocycles. The number of hydrogen-bond acceptors (Lipinski definition) is 12. The average Bonchev–Trinajstić information content (AvgIpc) is 4.15. The number of ether oxygens (including phenoxy) is 3. The number of fused-ring (bicyclic) bond motifs is 3. The van der Waals surface area contributed by atoms with Gasteiger partial charge in [0.05, 0.1) is 36.8 Å². The molecule has 2 saturated carbocycles. The zero-order valence-electron chi connectivity index (χ0n) is 38.5. The third kappa shape index (κ3) is 10.6. The van der Waals surface area contributed by atoms with Crippen LogP contribution in [0.15, 0.2) is 36.5 Å². The van der Waals surface area contributed by atoms with Gasteiger partial charge in [-0.2, -0.15) is 0 Å². The maximum atomic E-state index is 15.0. The molecular weight excluding hydrogens is 865 g/mol. The number of nitrogens with zero attached hydrogens (tertiary/aromatic N) is 4. The normalized spacial score (nSPS) is 29.1. The SMILES string of the molecule is CCC1(S(=O)(=O)NC(=O)[C@@]23C[C@H]2/C=C\CC[C@@H](C)C[C@@H](C)[C@H](NC(=O)OC(C)(C)C)C(=O)N2C[C@H](Oc4ncc(N5CCN(CC(F)F)CC5)c5cc(OC)ccc45)C[C@H]2C(=O)N3)CC1. The Morgan fingerprint density at radius 2 is 1.78 bits per heavy atom. The van der Waals surface area contributed by atoms with Gasteiger partial charge < -0.3 is 34.6 Å². The van der Waals surface area contributed by atoms with Crippen LogP contribution in [0.1, 0.15) is 92.9 Å². The zero-order chi connectivity index (χ0) is 47.1. The number of halogens is 2. The maximum absolute atomic E-state index is 15.0. The highest BCUT2D eigenvalue weighted by molar-refractivity contribution is 7.91. The number of aromatic nitrogens is 1. The van der Waals surface area contributed by atoms with Crippen LogP contribution in [0.5, 0.6) is 11.6 Å². The fourth-order valence-corrected chi connectivity index (χ4v) is 11.4. The highest BCUT2D eigenvalue weighted by atomic mass is 32.2. The molecule has 4 amide bonds. The molecule has 0 bridgehead atoms. The molecule has 65 heavy (non-hydrogen) atoms. The van der Waals surface area contributed by atoms with Crippen LogP contribution in [0.25, 0.3) is 10.8 Å². The number of anilines is 1. The summed E-state index contributed by atoms with van der Waals surface area (Å²) < 4.78 is 72.5. The number of hydrogen-bond donors (Lipinski definition) is 3. The van der Waals surface area contributed by atoms with Crippen molar-refractivity contribution in [2.75, 3.05) is 51.3 Å². The Morgan fingerprint density at radius 1 is 1.06 bits per heavy atom. The van der Waals surface area contributed by atoms with E-state index < -0.39 is 86.2 Å². The monoisotopic (exact) mass is 929 g/mol. The van der Waals surface area contributed by atoms with Gasteiger partial charge in [-0.1, -0.05) is 32.9 Å². The number of alkyl carbamates (subject to hydrolysis) is 1. The van der Waals surface area contributed by atoms with Gasteiger partial charge in [0.2, 0.25) is 27.7 Å². The molecule has 4 fully saturated rings. The second kappa shape index (κ2) is 18.8. The fraction of sp³-hybridized carbons (Fsp3) is 0.674. The number of rotatable bonds is 11. The van der Waals surface area contributed by atoms with Crippen LogP contribution in [-0.2, 0) is 29.1 Å². The number of carbonyl (C=O) groups excluding carboxylic acids is 4. The molecule has 1 aromatic heterocycles. The predicted octanol–water partition coefficient (Wildman–Crippen LogP) is 5.15.